The minimum atomic E-state index is 0.285. The quantitative estimate of drug-likeness (QED) is 0.769. The van der Waals surface area contributed by atoms with Gasteiger partial charge in [-0.3, -0.25) is 0 Å². The Kier molecular flexibility index (Phi) is 5.64. The van der Waals surface area contributed by atoms with Crippen LogP contribution in [0.2, 0.25) is 5.02 Å². The molecule has 0 aliphatic carbocycles. The SMILES string of the molecule is CCNC(Cc1cccc(Cl)c1)c1cccc(C)c1Br. The van der Waals surface area contributed by atoms with E-state index in [4.69, 9.17) is 11.6 Å². The van der Waals surface area contributed by atoms with Gasteiger partial charge in [-0.2, -0.15) is 0 Å². The minimum absolute atomic E-state index is 0.285. The number of rotatable bonds is 5. The maximum Gasteiger partial charge on any atom is 0.0408 e. The summed E-state index contributed by atoms with van der Waals surface area (Å²) in [5, 5.41) is 4.35. The van der Waals surface area contributed by atoms with Gasteiger partial charge in [0, 0.05) is 15.5 Å². The van der Waals surface area contributed by atoms with Gasteiger partial charge in [0.15, 0.2) is 0 Å². The molecule has 2 aromatic carbocycles. The largest absolute Gasteiger partial charge is 0.310 e. The van der Waals surface area contributed by atoms with Crippen molar-refractivity contribution in [3.8, 4) is 0 Å². The second kappa shape index (κ2) is 7.26. The molecule has 20 heavy (non-hydrogen) atoms. The molecule has 0 aliphatic heterocycles. The number of hydrogen-bond donors (Lipinski definition) is 1. The summed E-state index contributed by atoms with van der Waals surface area (Å²) >= 11 is 9.79. The highest BCUT2D eigenvalue weighted by molar-refractivity contribution is 9.10. The summed E-state index contributed by atoms with van der Waals surface area (Å²) in [7, 11) is 0. The van der Waals surface area contributed by atoms with Gasteiger partial charge in [-0.1, -0.05) is 64.8 Å². The van der Waals surface area contributed by atoms with E-state index >= 15 is 0 Å². The summed E-state index contributed by atoms with van der Waals surface area (Å²) in [5.41, 5.74) is 3.81. The van der Waals surface area contributed by atoms with E-state index in [0.29, 0.717) is 0 Å². The molecule has 0 fully saturated rings. The monoisotopic (exact) mass is 351 g/mol. The fourth-order valence-electron chi connectivity index (χ4n) is 2.38. The van der Waals surface area contributed by atoms with Crippen molar-refractivity contribution in [2.24, 2.45) is 0 Å². The summed E-state index contributed by atoms with van der Waals surface area (Å²) < 4.78 is 1.19. The lowest BCUT2D eigenvalue weighted by molar-refractivity contribution is 0.547. The molecule has 2 aromatic rings. The molecule has 1 unspecified atom stereocenters. The van der Waals surface area contributed by atoms with Crippen molar-refractivity contribution in [3.63, 3.8) is 0 Å². The predicted molar refractivity (Wildman–Crippen MR) is 90.5 cm³/mol. The molecule has 0 spiro atoms. The first-order chi connectivity index (χ1) is 9.61. The maximum atomic E-state index is 6.08. The Morgan fingerprint density at radius 1 is 1.20 bits per heavy atom. The van der Waals surface area contributed by atoms with Crippen LogP contribution in [0.3, 0.4) is 0 Å². The Morgan fingerprint density at radius 3 is 2.65 bits per heavy atom. The molecule has 0 aliphatic rings. The van der Waals surface area contributed by atoms with Crippen LogP contribution in [0.25, 0.3) is 0 Å². The van der Waals surface area contributed by atoms with Gasteiger partial charge in [0.2, 0.25) is 0 Å². The van der Waals surface area contributed by atoms with E-state index in [1.165, 1.54) is 21.2 Å². The second-order valence-corrected chi connectivity index (χ2v) is 6.15. The van der Waals surface area contributed by atoms with Crippen LogP contribution in [0.5, 0.6) is 0 Å². The van der Waals surface area contributed by atoms with Gasteiger partial charge >= 0.3 is 0 Å². The molecular weight excluding hydrogens is 334 g/mol. The van der Waals surface area contributed by atoms with Gasteiger partial charge in [-0.05, 0) is 48.7 Å². The van der Waals surface area contributed by atoms with Crippen LogP contribution in [-0.2, 0) is 6.42 Å². The third-order valence-electron chi connectivity index (χ3n) is 3.38. The summed E-state index contributed by atoms with van der Waals surface area (Å²) in [6.07, 6.45) is 0.927. The molecule has 0 saturated carbocycles. The van der Waals surface area contributed by atoms with E-state index in [9.17, 15) is 0 Å². The molecule has 106 valence electrons. The van der Waals surface area contributed by atoms with E-state index in [0.717, 1.165) is 18.0 Å². The lowest BCUT2D eigenvalue weighted by atomic mass is 9.97. The molecule has 2 rings (SSSR count). The Hall–Kier alpha value is -0.830. The molecule has 1 N–H and O–H groups in total. The average molecular weight is 353 g/mol. The number of nitrogens with one attached hydrogen (secondary N) is 1. The third-order valence-corrected chi connectivity index (χ3v) is 4.69. The van der Waals surface area contributed by atoms with Crippen molar-refractivity contribution in [3.05, 3.63) is 68.7 Å². The predicted octanol–water partition coefficient (Wildman–Crippen LogP) is 5.30. The lowest BCUT2D eigenvalue weighted by Crippen LogP contribution is -2.23. The van der Waals surface area contributed by atoms with E-state index in [1.54, 1.807) is 0 Å². The molecule has 3 heteroatoms. The first kappa shape index (κ1) is 15.6. The number of likely N-dealkylation sites (N-methyl/N-ethyl adjacent to an activating group) is 1. The summed E-state index contributed by atoms with van der Waals surface area (Å²) in [5.74, 6) is 0. The van der Waals surface area contributed by atoms with Gasteiger partial charge in [0.1, 0.15) is 0 Å². The molecule has 1 atom stereocenters. The Morgan fingerprint density at radius 2 is 1.95 bits per heavy atom. The maximum absolute atomic E-state index is 6.08. The van der Waals surface area contributed by atoms with Crippen LogP contribution in [0.1, 0.15) is 29.7 Å². The minimum Gasteiger partial charge on any atom is -0.310 e. The van der Waals surface area contributed by atoms with Crippen LogP contribution >= 0.6 is 27.5 Å². The number of hydrogen-bond acceptors (Lipinski definition) is 1. The molecule has 1 nitrogen and oxygen atoms in total. The van der Waals surface area contributed by atoms with E-state index in [1.807, 2.05) is 18.2 Å². The fourth-order valence-corrected chi connectivity index (χ4v) is 3.13. The smallest absolute Gasteiger partial charge is 0.0408 e. The summed E-state index contributed by atoms with van der Waals surface area (Å²) in [4.78, 5) is 0. The molecular formula is C17H19BrClN. The van der Waals surface area contributed by atoms with Crippen LogP contribution in [0.15, 0.2) is 46.9 Å². The highest BCUT2D eigenvalue weighted by Crippen LogP contribution is 2.29. The van der Waals surface area contributed by atoms with Crippen LogP contribution in [0.4, 0.5) is 0 Å². The first-order valence-electron chi connectivity index (χ1n) is 6.84. The zero-order chi connectivity index (χ0) is 14.5. The van der Waals surface area contributed by atoms with Gasteiger partial charge < -0.3 is 5.32 Å². The van der Waals surface area contributed by atoms with Crippen molar-refractivity contribution in [1.82, 2.24) is 5.32 Å². The van der Waals surface area contributed by atoms with E-state index < -0.39 is 0 Å². The third kappa shape index (κ3) is 3.85. The molecule has 0 heterocycles. The summed E-state index contributed by atoms with van der Waals surface area (Å²) in [6.45, 7) is 5.19. The van der Waals surface area contributed by atoms with Crippen molar-refractivity contribution in [2.75, 3.05) is 6.54 Å². The Balaban J connectivity index is 2.29. The number of halogens is 2. The zero-order valence-electron chi connectivity index (χ0n) is 11.8. The van der Waals surface area contributed by atoms with Crippen molar-refractivity contribution < 1.29 is 0 Å². The molecule has 0 radical (unpaired) electrons. The number of aryl methyl sites for hydroxylation is 1. The molecule has 0 amide bonds. The van der Waals surface area contributed by atoms with Crippen LogP contribution in [0, 0.1) is 6.92 Å². The Bertz CT molecular complexity index is 583. The normalized spacial score (nSPS) is 12.4. The van der Waals surface area contributed by atoms with E-state index in [-0.39, 0.29) is 6.04 Å². The highest BCUT2D eigenvalue weighted by atomic mass is 79.9. The van der Waals surface area contributed by atoms with Crippen LogP contribution < -0.4 is 5.32 Å². The van der Waals surface area contributed by atoms with Crippen molar-refractivity contribution >= 4 is 27.5 Å². The first-order valence-corrected chi connectivity index (χ1v) is 8.01. The molecule has 0 saturated heterocycles. The van der Waals surface area contributed by atoms with E-state index in [2.05, 4.69) is 59.4 Å². The lowest BCUT2D eigenvalue weighted by Gasteiger charge is -2.21. The summed E-state index contributed by atoms with van der Waals surface area (Å²) in [6, 6.07) is 14.8. The highest BCUT2D eigenvalue weighted by Gasteiger charge is 2.15. The van der Waals surface area contributed by atoms with Gasteiger partial charge in [0.05, 0.1) is 0 Å². The molecule has 0 bridgehead atoms. The van der Waals surface area contributed by atoms with Crippen molar-refractivity contribution in [2.45, 2.75) is 26.3 Å². The van der Waals surface area contributed by atoms with Crippen molar-refractivity contribution in [1.29, 1.82) is 0 Å². The van der Waals surface area contributed by atoms with Gasteiger partial charge in [-0.15, -0.1) is 0 Å². The Labute approximate surface area is 134 Å². The van der Waals surface area contributed by atoms with Gasteiger partial charge in [-0.25, -0.2) is 0 Å². The topological polar surface area (TPSA) is 12.0 Å². The van der Waals surface area contributed by atoms with Crippen LogP contribution in [-0.4, -0.2) is 6.54 Å². The second-order valence-electron chi connectivity index (χ2n) is 4.92. The zero-order valence-corrected chi connectivity index (χ0v) is 14.1. The average Bonchev–Trinajstić information content (AvgIpc) is 2.42. The fraction of sp³-hybridized carbons (Fsp3) is 0.294. The standard InChI is InChI=1S/C17H19BrClN/c1-3-20-16(11-13-7-5-8-14(19)10-13)15-9-4-6-12(2)17(15)18/h4-10,16,20H,3,11H2,1-2H3. The number of benzene rings is 2. The van der Waals surface area contributed by atoms with Gasteiger partial charge in [0.25, 0.3) is 0 Å². The molecule has 0 aromatic heterocycles.